The highest BCUT2D eigenvalue weighted by atomic mass is 16.5. The molecule has 1 fully saturated rings. The lowest BCUT2D eigenvalue weighted by atomic mass is 10.0. The molecule has 0 spiro atoms. The third-order valence-electron chi connectivity index (χ3n) is 4.25. The first-order chi connectivity index (χ1) is 11.7. The zero-order valence-corrected chi connectivity index (χ0v) is 14.1. The lowest BCUT2D eigenvalue weighted by molar-refractivity contribution is 0.0592. The normalized spacial score (nSPS) is 15.2. The first-order valence-corrected chi connectivity index (χ1v) is 8.18. The minimum absolute atomic E-state index is 0.0201. The summed E-state index contributed by atoms with van der Waals surface area (Å²) in [5.41, 5.74) is 1.70. The van der Waals surface area contributed by atoms with Gasteiger partial charge in [0.05, 0.1) is 18.9 Å². The van der Waals surface area contributed by atoms with Crippen LogP contribution in [0.1, 0.15) is 28.8 Å². The van der Waals surface area contributed by atoms with Crippen molar-refractivity contribution in [3.05, 3.63) is 53.9 Å². The SMILES string of the molecule is COc1cc(C)ccc1C(=O)N1CCC(Oc2cccnc2)CC1. The summed E-state index contributed by atoms with van der Waals surface area (Å²) in [5, 5.41) is 0. The van der Waals surface area contributed by atoms with Gasteiger partial charge in [-0.3, -0.25) is 9.78 Å². The standard InChI is InChI=1S/C19H22N2O3/c1-14-5-6-17(18(12-14)23-2)19(22)21-10-7-15(8-11-21)24-16-4-3-9-20-13-16/h3-6,9,12-13,15H,7-8,10-11H2,1-2H3. The molecule has 1 aromatic heterocycles. The quantitative estimate of drug-likeness (QED) is 0.866. The van der Waals surface area contributed by atoms with E-state index in [4.69, 9.17) is 9.47 Å². The average Bonchev–Trinajstić information content (AvgIpc) is 2.62. The van der Waals surface area contributed by atoms with Crippen molar-refractivity contribution in [2.75, 3.05) is 20.2 Å². The summed E-state index contributed by atoms with van der Waals surface area (Å²) in [6.07, 6.45) is 5.19. The zero-order valence-electron chi connectivity index (χ0n) is 14.1. The van der Waals surface area contributed by atoms with Crippen molar-refractivity contribution in [1.29, 1.82) is 0 Å². The van der Waals surface area contributed by atoms with E-state index in [9.17, 15) is 4.79 Å². The molecule has 5 nitrogen and oxygen atoms in total. The number of hydrogen-bond acceptors (Lipinski definition) is 4. The molecule has 5 heteroatoms. The third-order valence-corrected chi connectivity index (χ3v) is 4.25. The van der Waals surface area contributed by atoms with Crippen LogP contribution in [0.25, 0.3) is 0 Å². The molecule has 3 rings (SSSR count). The zero-order chi connectivity index (χ0) is 16.9. The predicted octanol–water partition coefficient (Wildman–Crippen LogP) is 3.08. The smallest absolute Gasteiger partial charge is 0.257 e. The van der Waals surface area contributed by atoms with Gasteiger partial charge in [-0.05, 0) is 36.8 Å². The fourth-order valence-electron chi connectivity index (χ4n) is 2.93. The molecule has 0 radical (unpaired) electrons. The van der Waals surface area contributed by atoms with Gasteiger partial charge in [-0.15, -0.1) is 0 Å². The van der Waals surface area contributed by atoms with Gasteiger partial charge in [-0.2, -0.15) is 0 Å². The van der Waals surface area contributed by atoms with Crippen LogP contribution < -0.4 is 9.47 Å². The fourth-order valence-corrected chi connectivity index (χ4v) is 2.93. The number of hydrogen-bond donors (Lipinski definition) is 0. The molecule has 1 aliphatic heterocycles. The Morgan fingerprint density at radius 1 is 1.25 bits per heavy atom. The number of methoxy groups -OCH3 is 1. The van der Waals surface area contributed by atoms with Gasteiger partial charge in [0.2, 0.25) is 0 Å². The van der Waals surface area contributed by atoms with Crippen molar-refractivity contribution in [2.24, 2.45) is 0 Å². The Kier molecular flexibility index (Phi) is 4.99. The molecule has 1 amide bonds. The fraction of sp³-hybridized carbons (Fsp3) is 0.368. The number of likely N-dealkylation sites (tertiary alicyclic amines) is 1. The van der Waals surface area contributed by atoms with Gasteiger partial charge < -0.3 is 14.4 Å². The maximum absolute atomic E-state index is 12.8. The molecule has 24 heavy (non-hydrogen) atoms. The van der Waals surface area contributed by atoms with Crippen molar-refractivity contribution in [1.82, 2.24) is 9.88 Å². The summed E-state index contributed by atoms with van der Waals surface area (Å²) in [4.78, 5) is 18.7. The first kappa shape index (κ1) is 16.3. The molecule has 0 unspecified atom stereocenters. The maximum Gasteiger partial charge on any atom is 0.257 e. The van der Waals surface area contributed by atoms with E-state index in [1.807, 2.05) is 42.2 Å². The Hall–Kier alpha value is -2.56. The second-order valence-corrected chi connectivity index (χ2v) is 6.00. The molecule has 1 aliphatic rings. The van der Waals surface area contributed by atoms with Crippen LogP contribution in [-0.4, -0.2) is 42.1 Å². The van der Waals surface area contributed by atoms with Crippen LogP contribution >= 0.6 is 0 Å². The number of piperidine rings is 1. The van der Waals surface area contributed by atoms with E-state index in [0.29, 0.717) is 24.4 Å². The lowest BCUT2D eigenvalue weighted by Crippen LogP contribution is -2.41. The topological polar surface area (TPSA) is 51.7 Å². The number of nitrogens with zero attached hydrogens (tertiary/aromatic N) is 2. The number of aromatic nitrogens is 1. The molecule has 2 heterocycles. The van der Waals surface area contributed by atoms with Crippen LogP contribution in [0.4, 0.5) is 0 Å². The van der Waals surface area contributed by atoms with Gasteiger partial charge in [0.25, 0.3) is 5.91 Å². The van der Waals surface area contributed by atoms with Crippen molar-refractivity contribution < 1.29 is 14.3 Å². The Labute approximate surface area is 142 Å². The number of aryl methyl sites for hydroxylation is 1. The van der Waals surface area contributed by atoms with Crippen LogP contribution in [0.15, 0.2) is 42.7 Å². The van der Waals surface area contributed by atoms with Crippen LogP contribution in [0, 0.1) is 6.92 Å². The summed E-state index contributed by atoms with van der Waals surface area (Å²) < 4.78 is 11.3. The van der Waals surface area contributed by atoms with E-state index in [1.54, 1.807) is 19.5 Å². The molecule has 0 atom stereocenters. The van der Waals surface area contributed by atoms with Crippen LogP contribution in [-0.2, 0) is 0 Å². The summed E-state index contributed by atoms with van der Waals surface area (Å²) in [5.74, 6) is 1.43. The van der Waals surface area contributed by atoms with Gasteiger partial charge in [-0.25, -0.2) is 0 Å². The van der Waals surface area contributed by atoms with Crippen molar-refractivity contribution in [2.45, 2.75) is 25.9 Å². The van der Waals surface area contributed by atoms with Crippen molar-refractivity contribution >= 4 is 5.91 Å². The maximum atomic E-state index is 12.8. The van der Waals surface area contributed by atoms with E-state index in [1.165, 1.54) is 0 Å². The van der Waals surface area contributed by atoms with Crippen LogP contribution in [0.2, 0.25) is 0 Å². The monoisotopic (exact) mass is 326 g/mol. The van der Waals surface area contributed by atoms with E-state index in [-0.39, 0.29) is 12.0 Å². The lowest BCUT2D eigenvalue weighted by Gasteiger charge is -2.32. The molecular weight excluding hydrogens is 304 g/mol. The molecular formula is C19H22N2O3. The second-order valence-electron chi connectivity index (χ2n) is 6.00. The van der Waals surface area contributed by atoms with E-state index in [0.717, 1.165) is 24.2 Å². The molecule has 0 saturated carbocycles. The average molecular weight is 326 g/mol. The van der Waals surface area contributed by atoms with E-state index in [2.05, 4.69) is 4.98 Å². The number of amides is 1. The molecule has 0 bridgehead atoms. The highest BCUT2D eigenvalue weighted by Gasteiger charge is 2.26. The molecule has 2 aromatic rings. The van der Waals surface area contributed by atoms with E-state index >= 15 is 0 Å². The number of carbonyl (C=O) groups is 1. The Morgan fingerprint density at radius 3 is 2.71 bits per heavy atom. The number of carbonyl (C=O) groups excluding carboxylic acids is 1. The number of ether oxygens (including phenoxy) is 2. The van der Waals surface area contributed by atoms with Gasteiger partial charge >= 0.3 is 0 Å². The number of rotatable bonds is 4. The van der Waals surface area contributed by atoms with Crippen molar-refractivity contribution in [3.63, 3.8) is 0 Å². The summed E-state index contributed by atoms with van der Waals surface area (Å²) >= 11 is 0. The Balaban J connectivity index is 1.61. The highest BCUT2D eigenvalue weighted by Crippen LogP contribution is 2.24. The Morgan fingerprint density at radius 2 is 2.04 bits per heavy atom. The second kappa shape index (κ2) is 7.34. The van der Waals surface area contributed by atoms with Crippen molar-refractivity contribution in [3.8, 4) is 11.5 Å². The van der Waals surface area contributed by atoms with Gasteiger partial charge in [0.1, 0.15) is 17.6 Å². The van der Waals surface area contributed by atoms with Crippen LogP contribution in [0.5, 0.6) is 11.5 Å². The largest absolute Gasteiger partial charge is 0.496 e. The number of pyridine rings is 1. The molecule has 0 aliphatic carbocycles. The van der Waals surface area contributed by atoms with E-state index < -0.39 is 0 Å². The van der Waals surface area contributed by atoms with Gasteiger partial charge in [0, 0.05) is 32.1 Å². The molecule has 126 valence electrons. The predicted molar refractivity (Wildman–Crippen MR) is 91.5 cm³/mol. The summed E-state index contributed by atoms with van der Waals surface area (Å²) in [7, 11) is 1.60. The van der Waals surface area contributed by atoms with Crippen LogP contribution in [0.3, 0.4) is 0 Å². The van der Waals surface area contributed by atoms with Gasteiger partial charge in [0.15, 0.2) is 0 Å². The summed E-state index contributed by atoms with van der Waals surface area (Å²) in [6, 6.07) is 9.44. The van der Waals surface area contributed by atoms with Gasteiger partial charge in [-0.1, -0.05) is 6.07 Å². The minimum Gasteiger partial charge on any atom is -0.496 e. The Bertz CT molecular complexity index is 695. The molecule has 0 N–H and O–H groups in total. The molecule has 1 saturated heterocycles. The third kappa shape index (κ3) is 3.67. The first-order valence-electron chi connectivity index (χ1n) is 8.18. The minimum atomic E-state index is 0.0201. The molecule has 1 aromatic carbocycles. The number of benzene rings is 1. The summed E-state index contributed by atoms with van der Waals surface area (Å²) in [6.45, 7) is 3.35. The highest BCUT2D eigenvalue weighted by molar-refractivity contribution is 5.97.